The number of rotatable bonds is 7. The standard InChI is InChI=1S/C17H26FNO/c1-2-19-13-16(10-14-6-8-20-9-7-14)11-15-4-3-5-17(18)12-15/h3-5,12,14,16,19H,2,6-11,13H2,1H3. The molecule has 1 aliphatic heterocycles. The molecule has 1 aromatic carbocycles. The SMILES string of the molecule is CCNCC(Cc1cccc(F)c1)CC1CCOCC1. The molecule has 0 bridgehead atoms. The topological polar surface area (TPSA) is 21.3 Å². The summed E-state index contributed by atoms with van der Waals surface area (Å²) in [5.41, 5.74) is 1.11. The fourth-order valence-corrected chi connectivity index (χ4v) is 3.04. The van der Waals surface area contributed by atoms with Gasteiger partial charge in [-0.15, -0.1) is 0 Å². The van der Waals surface area contributed by atoms with Gasteiger partial charge < -0.3 is 10.1 Å². The monoisotopic (exact) mass is 279 g/mol. The zero-order valence-corrected chi connectivity index (χ0v) is 12.4. The zero-order chi connectivity index (χ0) is 14.2. The highest BCUT2D eigenvalue weighted by Gasteiger charge is 2.19. The molecule has 2 nitrogen and oxygen atoms in total. The first kappa shape index (κ1) is 15.5. The normalized spacial score (nSPS) is 18.1. The van der Waals surface area contributed by atoms with Gasteiger partial charge in [0.05, 0.1) is 0 Å². The van der Waals surface area contributed by atoms with Crippen molar-refractivity contribution in [2.45, 2.75) is 32.6 Å². The molecule has 20 heavy (non-hydrogen) atoms. The van der Waals surface area contributed by atoms with Crippen LogP contribution in [0.3, 0.4) is 0 Å². The first-order valence-electron chi connectivity index (χ1n) is 7.80. The maximum Gasteiger partial charge on any atom is 0.123 e. The lowest BCUT2D eigenvalue weighted by atomic mass is 9.85. The second-order valence-electron chi connectivity index (χ2n) is 5.80. The van der Waals surface area contributed by atoms with Crippen LogP contribution in [-0.2, 0) is 11.2 Å². The Kier molecular flexibility index (Phi) is 6.48. The van der Waals surface area contributed by atoms with E-state index in [2.05, 4.69) is 12.2 Å². The van der Waals surface area contributed by atoms with Crippen molar-refractivity contribution in [2.75, 3.05) is 26.3 Å². The van der Waals surface area contributed by atoms with Gasteiger partial charge in [-0.3, -0.25) is 0 Å². The van der Waals surface area contributed by atoms with Crippen LogP contribution >= 0.6 is 0 Å². The van der Waals surface area contributed by atoms with E-state index in [0.29, 0.717) is 5.92 Å². The molecule has 1 aromatic rings. The van der Waals surface area contributed by atoms with Crippen LogP contribution in [0.2, 0.25) is 0 Å². The molecule has 3 heteroatoms. The zero-order valence-electron chi connectivity index (χ0n) is 12.4. The van der Waals surface area contributed by atoms with Crippen LogP contribution in [0.1, 0.15) is 31.7 Å². The maximum absolute atomic E-state index is 13.3. The minimum Gasteiger partial charge on any atom is -0.381 e. The molecule has 0 saturated carbocycles. The van der Waals surface area contributed by atoms with E-state index in [1.807, 2.05) is 12.1 Å². The van der Waals surface area contributed by atoms with Gasteiger partial charge >= 0.3 is 0 Å². The van der Waals surface area contributed by atoms with Crippen molar-refractivity contribution in [3.05, 3.63) is 35.6 Å². The van der Waals surface area contributed by atoms with Crippen molar-refractivity contribution in [3.8, 4) is 0 Å². The van der Waals surface area contributed by atoms with Gasteiger partial charge in [-0.2, -0.15) is 0 Å². The molecule has 1 heterocycles. The predicted octanol–water partition coefficient (Wildman–Crippen LogP) is 3.41. The van der Waals surface area contributed by atoms with Gasteiger partial charge in [0.2, 0.25) is 0 Å². The van der Waals surface area contributed by atoms with E-state index >= 15 is 0 Å². The van der Waals surface area contributed by atoms with Gasteiger partial charge in [-0.25, -0.2) is 4.39 Å². The molecule has 0 amide bonds. The molecule has 1 aliphatic rings. The Hall–Kier alpha value is -0.930. The molecule has 1 saturated heterocycles. The second-order valence-corrected chi connectivity index (χ2v) is 5.80. The van der Waals surface area contributed by atoms with Gasteiger partial charge in [-0.05, 0) is 68.3 Å². The summed E-state index contributed by atoms with van der Waals surface area (Å²) in [5, 5.41) is 3.45. The molecule has 0 aliphatic carbocycles. The van der Waals surface area contributed by atoms with Crippen molar-refractivity contribution >= 4 is 0 Å². The van der Waals surface area contributed by atoms with Gasteiger partial charge in [0, 0.05) is 13.2 Å². The Morgan fingerprint density at radius 3 is 2.85 bits per heavy atom. The summed E-state index contributed by atoms with van der Waals surface area (Å²) in [6, 6.07) is 7.03. The molecule has 0 aromatic heterocycles. The summed E-state index contributed by atoms with van der Waals surface area (Å²) in [6.07, 6.45) is 4.52. The first-order valence-corrected chi connectivity index (χ1v) is 7.80. The highest BCUT2D eigenvalue weighted by Crippen LogP contribution is 2.25. The number of halogens is 1. The minimum atomic E-state index is -0.129. The van der Waals surface area contributed by atoms with Crippen LogP contribution in [0.5, 0.6) is 0 Å². The van der Waals surface area contributed by atoms with Gasteiger partial charge in [0.25, 0.3) is 0 Å². The molecule has 0 spiro atoms. The van der Waals surface area contributed by atoms with E-state index < -0.39 is 0 Å². The average Bonchev–Trinajstić information content (AvgIpc) is 2.46. The fourth-order valence-electron chi connectivity index (χ4n) is 3.04. The number of hydrogen-bond acceptors (Lipinski definition) is 2. The molecule has 1 unspecified atom stereocenters. The van der Waals surface area contributed by atoms with E-state index in [1.54, 1.807) is 6.07 Å². The quantitative estimate of drug-likeness (QED) is 0.826. The molecular weight excluding hydrogens is 253 g/mol. The van der Waals surface area contributed by atoms with Crippen molar-refractivity contribution in [2.24, 2.45) is 11.8 Å². The van der Waals surface area contributed by atoms with Crippen molar-refractivity contribution < 1.29 is 9.13 Å². The third-order valence-corrected chi connectivity index (χ3v) is 4.10. The smallest absolute Gasteiger partial charge is 0.123 e. The summed E-state index contributed by atoms with van der Waals surface area (Å²) < 4.78 is 18.7. The Balaban J connectivity index is 1.91. The molecule has 2 rings (SSSR count). The fraction of sp³-hybridized carbons (Fsp3) is 0.647. The maximum atomic E-state index is 13.3. The van der Waals surface area contributed by atoms with E-state index in [-0.39, 0.29) is 5.82 Å². The van der Waals surface area contributed by atoms with E-state index in [1.165, 1.54) is 25.3 Å². The molecule has 1 atom stereocenters. The van der Waals surface area contributed by atoms with Crippen LogP contribution in [0.15, 0.2) is 24.3 Å². The molecular formula is C17H26FNO. The van der Waals surface area contributed by atoms with Gasteiger partial charge in [0.15, 0.2) is 0 Å². The van der Waals surface area contributed by atoms with Crippen LogP contribution in [0, 0.1) is 17.7 Å². The average molecular weight is 279 g/mol. The molecule has 0 radical (unpaired) electrons. The lowest BCUT2D eigenvalue weighted by Crippen LogP contribution is -2.28. The van der Waals surface area contributed by atoms with Crippen molar-refractivity contribution in [1.82, 2.24) is 5.32 Å². The van der Waals surface area contributed by atoms with Crippen LogP contribution in [0.4, 0.5) is 4.39 Å². The van der Waals surface area contributed by atoms with Crippen LogP contribution in [0.25, 0.3) is 0 Å². The highest BCUT2D eigenvalue weighted by atomic mass is 19.1. The predicted molar refractivity (Wildman–Crippen MR) is 80.3 cm³/mol. The molecule has 1 N–H and O–H groups in total. The number of nitrogens with one attached hydrogen (secondary N) is 1. The van der Waals surface area contributed by atoms with E-state index in [4.69, 9.17) is 4.74 Å². The lowest BCUT2D eigenvalue weighted by Gasteiger charge is -2.27. The highest BCUT2D eigenvalue weighted by molar-refractivity contribution is 5.17. The first-order chi connectivity index (χ1) is 9.78. The number of hydrogen-bond donors (Lipinski definition) is 1. The number of ether oxygens (including phenoxy) is 1. The Morgan fingerprint density at radius 1 is 1.35 bits per heavy atom. The van der Waals surface area contributed by atoms with Gasteiger partial charge in [0.1, 0.15) is 5.82 Å². The summed E-state index contributed by atoms with van der Waals surface area (Å²) in [4.78, 5) is 0. The summed E-state index contributed by atoms with van der Waals surface area (Å²) in [7, 11) is 0. The number of benzene rings is 1. The Bertz CT molecular complexity index is 390. The molecule has 1 fully saturated rings. The Labute approximate surface area is 121 Å². The van der Waals surface area contributed by atoms with Crippen molar-refractivity contribution in [3.63, 3.8) is 0 Å². The second kappa shape index (κ2) is 8.38. The van der Waals surface area contributed by atoms with Crippen LogP contribution in [-0.4, -0.2) is 26.3 Å². The largest absolute Gasteiger partial charge is 0.381 e. The molecule has 112 valence electrons. The summed E-state index contributed by atoms with van der Waals surface area (Å²) in [5.74, 6) is 1.22. The van der Waals surface area contributed by atoms with Crippen LogP contribution < -0.4 is 5.32 Å². The Morgan fingerprint density at radius 2 is 2.15 bits per heavy atom. The van der Waals surface area contributed by atoms with Gasteiger partial charge in [-0.1, -0.05) is 19.1 Å². The summed E-state index contributed by atoms with van der Waals surface area (Å²) in [6.45, 7) is 5.95. The van der Waals surface area contributed by atoms with E-state index in [0.717, 1.165) is 44.2 Å². The lowest BCUT2D eigenvalue weighted by molar-refractivity contribution is 0.0585. The summed E-state index contributed by atoms with van der Waals surface area (Å²) >= 11 is 0. The minimum absolute atomic E-state index is 0.129. The third-order valence-electron chi connectivity index (χ3n) is 4.10. The van der Waals surface area contributed by atoms with Crippen molar-refractivity contribution in [1.29, 1.82) is 0 Å². The third kappa shape index (κ3) is 5.22. The van der Waals surface area contributed by atoms with E-state index in [9.17, 15) is 4.39 Å².